The summed E-state index contributed by atoms with van der Waals surface area (Å²) in [5.74, 6) is -0.408. The number of carbonyl (C=O) groups excluding carboxylic acids is 3. The minimum atomic E-state index is -0.443. The molecule has 0 radical (unpaired) electrons. The van der Waals surface area contributed by atoms with Crippen LogP contribution in [0.15, 0.2) is 41.8 Å². The minimum absolute atomic E-state index is 0.0349. The van der Waals surface area contributed by atoms with E-state index in [4.69, 9.17) is 11.6 Å². The maximum atomic E-state index is 12.8. The quantitative estimate of drug-likeness (QED) is 0.506. The molecule has 1 aliphatic heterocycles. The Labute approximate surface area is 204 Å². The lowest BCUT2D eigenvalue weighted by Crippen LogP contribution is -2.39. The highest BCUT2D eigenvalue weighted by atomic mass is 35.5. The van der Waals surface area contributed by atoms with Gasteiger partial charge in [-0.2, -0.15) is 0 Å². The molecule has 1 fully saturated rings. The molecule has 0 unspecified atom stereocenters. The summed E-state index contributed by atoms with van der Waals surface area (Å²) in [6, 6.07) is 10.7. The highest BCUT2D eigenvalue weighted by Gasteiger charge is 2.28. The first-order valence-electron chi connectivity index (χ1n) is 10.5. The van der Waals surface area contributed by atoms with E-state index in [-0.39, 0.29) is 27.7 Å². The van der Waals surface area contributed by atoms with Gasteiger partial charge in [0, 0.05) is 35.1 Å². The van der Waals surface area contributed by atoms with Crippen LogP contribution in [0.5, 0.6) is 0 Å². The molecular formula is C22H22ClN5O3S2. The van der Waals surface area contributed by atoms with E-state index in [0.29, 0.717) is 36.8 Å². The number of carbonyl (C=O) groups is 3. The number of hydrogen-bond acceptors (Lipinski definition) is 7. The van der Waals surface area contributed by atoms with Crippen LogP contribution < -0.4 is 10.6 Å². The molecule has 0 aliphatic carbocycles. The van der Waals surface area contributed by atoms with Gasteiger partial charge >= 0.3 is 0 Å². The third kappa shape index (κ3) is 6.37. The normalized spacial score (nSPS) is 14.2. The first-order valence-corrected chi connectivity index (χ1v) is 12.5. The number of nitrogens with zero attached hydrogens (tertiary/aromatic N) is 3. The summed E-state index contributed by atoms with van der Waals surface area (Å²) in [4.78, 5) is 40.3. The molecule has 0 spiro atoms. The largest absolute Gasteiger partial charge is 0.351 e. The van der Waals surface area contributed by atoms with Crippen LogP contribution >= 0.6 is 34.3 Å². The Morgan fingerprint density at radius 2 is 1.88 bits per heavy atom. The van der Waals surface area contributed by atoms with Gasteiger partial charge in [0.2, 0.25) is 15.9 Å². The van der Waals surface area contributed by atoms with Crippen molar-refractivity contribution in [1.82, 2.24) is 20.4 Å². The van der Waals surface area contributed by atoms with Crippen molar-refractivity contribution in [2.24, 2.45) is 5.92 Å². The zero-order chi connectivity index (χ0) is 23.2. The number of thiophene rings is 1. The summed E-state index contributed by atoms with van der Waals surface area (Å²) < 4.78 is 0. The molecule has 3 heterocycles. The molecule has 1 aromatic carbocycles. The molecule has 1 aliphatic rings. The molecule has 11 heteroatoms. The Morgan fingerprint density at radius 1 is 1.09 bits per heavy atom. The number of piperidine rings is 1. The van der Waals surface area contributed by atoms with Crippen LogP contribution in [0.4, 0.5) is 5.69 Å². The van der Waals surface area contributed by atoms with Gasteiger partial charge in [-0.15, -0.1) is 21.5 Å². The van der Waals surface area contributed by atoms with Crippen LogP contribution in [0.3, 0.4) is 0 Å². The van der Waals surface area contributed by atoms with Crippen LogP contribution in [-0.4, -0.2) is 45.9 Å². The number of rotatable bonds is 7. The average Bonchev–Trinajstić information content (AvgIpc) is 3.50. The van der Waals surface area contributed by atoms with Gasteiger partial charge in [0.15, 0.2) is 0 Å². The molecular weight excluding hydrogens is 482 g/mol. The molecule has 0 saturated carbocycles. The summed E-state index contributed by atoms with van der Waals surface area (Å²) >= 11 is 8.51. The van der Waals surface area contributed by atoms with Crippen molar-refractivity contribution in [3.05, 3.63) is 61.7 Å². The molecule has 172 valence electrons. The monoisotopic (exact) mass is 503 g/mol. The molecule has 0 atom stereocenters. The lowest BCUT2D eigenvalue weighted by Gasteiger charge is -2.31. The minimum Gasteiger partial charge on any atom is -0.351 e. The van der Waals surface area contributed by atoms with Crippen LogP contribution in [-0.2, 0) is 11.3 Å². The fourth-order valence-electron chi connectivity index (χ4n) is 3.56. The maximum Gasteiger partial charge on any atom is 0.286 e. The van der Waals surface area contributed by atoms with E-state index < -0.39 is 5.91 Å². The standard InChI is InChI=1S/C22H22ClN5O3S2/c23-15-3-1-4-16(12-15)25-19(30)20-26-27-21(33-20)22(31)28-8-6-14(7-9-28)11-18(29)24-13-17-5-2-10-32-17/h1-5,10,12,14H,6-9,11,13H2,(H,24,29)(H,25,30). The Morgan fingerprint density at radius 3 is 2.61 bits per heavy atom. The van der Waals surface area contributed by atoms with Crippen LogP contribution in [0.2, 0.25) is 5.02 Å². The van der Waals surface area contributed by atoms with Gasteiger partial charge in [-0.05, 0) is 48.4 Å². The van der Waals surface area contributed by atoms with Crippen LogP contribution in [0.25, 0.3) is 0 Å². The summed E-state index contributed by atoms with van der Waals surface area (Å²) in [7, 11) is 0. The molecule has 1 saturated heterocycles. The van der Waals surface area contributed by atoms with Crippen molar-refractivity contribution >= 4 is 57.7 Å². The van der Waals surface area contributed by atoms with Crippen molar-refractivity contribution in [1.29, 1.82) is 0 Å². The predicted octanol–water partition coefficient (Wildman–Crippen LogP) is 4.06. The van der Waals surface area contributed by atoms with E-state index in [9.17, 15) is 14.4 Å². The van der Waals surface area contributed by atoms with Crippen molar-refractivity contribution in [2.75, 3.05) is 18.4 Å². The van der Waals surface area contributed by atoms with Crippen molar-refractivity contribution in [3.63, 3.8) is 0 Å². The number of aromatic nitrogens is 2. The number of hydrogen-bond donors (Lipinski definition) is 2. The van der Waals surface area contributed by atoms with Crippen molar-refractivity contribution < 1.29 is 14.4 Å². The van der Waals surface area contributed by atoms with Crippen molar-refractivity contribution in [3.8, 4) is 0 Å². The fourth-order valence-corrected chi connectivity index (χ4v) is 5.10. The van der Waals surface area contributed by atoms with Gasteiger partial charge in [-0.25, -0.2) is 0 Å². The van der Waals surface area contributed by atoms with E-state index in [0.717, 1.165) is 29.1 Å². The molecule has 2 aromatic heterocycles. The molecule has 33 heavy (non-hydrogen) atoms. The van der Waals surface area contributed by atoms with E-state index in [2.05, 4.69) is 20.8 Å². The zero-order valence-corrected chi connectivity index (χ0v) is 20.0. The molecule has 4 rings (SSSR count). The number of nitrogens with one attached hydrogen (secondary N) is 2. The second-order valence-electron chi connectivity index (χ2n) is 7.67. The predicted molar refractivity (Wildman–Crippen MR) is 129 cm³/mol. The molecule has 3 aromatic rings. The Balaban J connectivity index is 1.24. The van der Waals surface area contributed by atoms with Gasteiger partial charge in [0.05, 0.1) is 6.54 Å². The Kier molecular flexibility index (Phi) is 7.69. The van der Waals surface area contributed by atoms with Crippen LogP contribution in [0, 0.1) is 5.92 Å². The first kappa shape index (κ1) is 23.3. The molecule has 8 nitrogen and oxygen atoms in total. The smallest absolute Gasteiger partial charge is 0.286 e. The van der Waals surface area contributed by atoms with E-state index in [1.54, 1.807) is 40.5 Å². The van der Waals surface area contributed by atoms with E-state index in [1.165, 1.54) is 0 Å². The third-order valence-electron chi connectivity index (χ3n) is 5.30. The second-order valence-corrected chi connectivity index (χ2v) is 10.1. The first-order chi connectivity index (χ1) is 16.0. The van der Waals surface area contributed by atoms with Gasteiger partial charge in [0.25, 0.3) is 11.8 Å². The van der Waals surface area contributed by atoms with E-state index >= 15 is 0 Å². The summed E-state index contributed by atoms with van der Waals surface area (Å²) in [5.41, 5.74) is 0.539. The summed E-state index contributed by atoms with van der Waals surface area (Å²) in [6.07, 6.45) is 1.96. The number of halogens is 1. The number of likely N-dealkylation sites (tertiary alicyclic amines) is 1. The number of benzene rings is 1. The molecule has 2 N–H and O–H groups in total. The SMILES string of the molecule is O=C(CC1CCN(C(=O)c2nnc(C(=O)Nc3cccc(Cl)c3)s2)CC1)NCc1cccs1. The second kappa shape index (κ2) is 10.9. The summed E-state index contributed by atoms with van der Waals surface area (Å²) in [5, 5.41) is 16.2. The molecule has 3 amide bonds. The topological polar surface area (TPSA) is 104 Å². The fraction of sp³-hybridized carbons (Fsp3) is 0.318. The maximum absolute atomic E-state index is 12.8. The van der Waals surface area contributed by atoms with Crippen LogP contribution in [0.1, 0.15) is 43.7 Å². The lowest BCUT2D eigenvalue weighted by molar-refractivity contribution is -0.122. The third-order valence-corrected chi connectivity index (χ3v) is 7.32. The van der Waals surface area contributed by atoms with Crippen molar-refractivity contribution in [2.45, 2.75) is 25.8 Å². The highest BCUT2D eigenvalue weighted by molar-refractivity contribution is 7.15. The zero-order valence-electron chi connectivity index (χ0n) is 17.6. The Bertz CT molecular complexity index is 1130. The van der Waals surface area contributed by atoms with Gasteiger partial charge in [-0.3, -0.25) is 14.4 Å². The Hall–Kier alpha value is -2.82. The average molecular weight is 504 g/mol. The highest BCUT2D eigenvalue weighted by Crippen LogP contribution is 2.23. The van der Waals surface area contributed by atoms with Gasteiger partial charge < -0.3 is 15.5 Å². The van der Waals surface area contributed by atoms with Gasteiger partial charge in [-0.1, -0.05) is 35.1 Å². The van der Waals surface area contributed by atoms with E-state index in [1.807, 2.05) is 17.5 Å². The van der Waals surface area contributed by atoms with Gasteiger partial charge in [0.1, 0.15) is 0 Å². The summed E-state index contributed by atoms with van der Waals surface area (Å²) in [6.45, 7) is 1.65. The lowest BCUT2D eigenvalue weighted by atomic mass is 9.93. The number of amides is 3. The number of anilines is 1. The molecule has 0 bridgehead atoms.